The lowest BCUT2D eigenvalue weighted by Gasteiger charge is -2.28. The molecule has 1 atom stereocenters. The van der Waals surface area contributed by atoms with Gasteiger partial charge < -0.3 is 4.74 Å². The topological polar surface area (TPSA) is 26.3 Å². The van der Waals surface area contributed by atoms with Gasteiger partial charge in [-0.2, -0.15) is 0 Å². The summed E-state index contributed by atoms with van der Waals surface area (Å²) < 4.78 is 4.66. The molecular weight excluding hydrogens is 312 g/mol. The van der Waals surface area contributed by atoms with E-state index in [1.165, 1.54) is 18.2 Å². The first kappa shape index (κ1) is 15.3. The van der Waals surface area contributed by atoms with Gasteiger partial charge in [-0.25, -0.2) is 4.79 Å². The third-order valence-electron chi connectivity index (χ3n) is 3.51. The largest absolute Gasteiger partial charge is 0.465 e. The van der Waals surface area contributed by atoms with Crippen molar-refractivity contribution in [2.24, 2.45) is 0 Å². The minimum absolute atomic E-state index is 0.216. The Morgan fingerprint density at radius 3 is 2.32 bits per heavy atom. The van der Waals surface area contributed by atoms with E-state index in [1.54, 1.807) is 23.5 Å². The highest BCUT2D eigenvalue weighted by Crippen LogP contribution is 2.58. The van der Waals surface area contributed by atoms with Crippen LogP contribution in [0.5, 0.6) is 0 Å². The average molecular weight is 328 g/mol. The van der Waals surface area contributed by atoms with Crippen LogP contribution < -0.4 is 0 Å². The summed E-state index contributed by atoms with van der Waals surface area (Å²) in [5.41, 5.74) is 2.47. The molecule has 2 aromatic rings. The van der Waals surface area contributed by atoms with Crippen LogP contribution in [0.3, 0.4) is 0 Å². The molecule has 3 rings (SSSR count). The molecule has 0 aromatic heterocycles. The summed E-state index contributed by atoms with van der Waals surface area (Å²) in [4.78, 5) is 12.5. The molecule has 0 aliphatic carbocycles. The number of esters is 1. The van der Waals surface area contributed by atoms with Crippen LogP contribution in [-0.2, 0) is 20.0 Å². The van der Waals surface area contributed by atoms with Crippen LogP contribution in [0.2, 0.25) is 0 Å². The van der Waals surface area contributed by atoms with Gasteiger partial charge in [-0.15, -0.1) is 11.8 Å². The van der Waals surface area contributed by atoms with Gasteiger partial charge in [-0.3, -0.25) is 0 Å². The zero-order chi connectivity index (χ0) is 15.4. The minimum atomic E-state index is -0.261. The Morgan fingerprint density at radius 1 is 1.05 bits per heavy atom. The Bertz CT molecular complexity index is 683. The number of methoxy groups -OCH3 is 1. The Kier molecular flexibility index (Phi) is 4.60. The normalized spacial score (nSPS) is 20.5. The molecular formula is C18H16O2S2. The van der Waals surface area contributed by atoms with Gasteiger partial charge in [-0.1, -0.05) is 72.4 Å². The highest BCUT2D eigenvalue weighted by atomic mass is 32.2. The molecule has 0 spiro atoms. The summed E-state index contributed by atoms with van der Waals surface area (Å²) in [6.45, 7) is 0. The van der Waals surface area contributed by atoms with Crippen molar-refractivity contribution >= 4 is 29.5 Å². The predicted octanol–water partition coefficient (Wildman–Crippen LogP) is 4.58. The summed E-state index contributed by atoms with van der Waals surface area (Å²) in [6.07, 6.45) is 0.851. The van der Waals surface area contributed by atoms with Crippen LogP contribution in [0.1, 0.15) is 11.1 Å². The summed E-state index contributed by atoms with van der Waals surface area (Å²) in [7, 11) is 1.42. The molecule has 1 heterocycles. The molecule has 0 unspecified atom stereocenters. The van der Waals surface area contributed by atoms with Gasteiger partial charge in [0.2, 0.25) is 0 Å². The third kappa shape index (κ3) is 3.08. The number of carbonyl (C=O) groups is 1. The Balaban J connectivity index is 1.93. The van der Waals surface area contributed by atoms with Crippen molar-refractivity contribution in [1.82, 2.24) is 0 Å². The molecule has 2 aromatic carbocycles. The molecule has 0 saturated carbocycles. The summed E-state index contributed by atoms with van der Waals surface area (Å²) in [5.74, 6) is -0.261. The lowest BCUT2D eigenvalue weighted by Crippen LogP contribution is -2.19. The van der Waals surface area contributed by atoms with Gasteiger partial charge in [-0.05, 0) is 16.5 Å². The number of rotatable bonds is 4. The number of carbonyl (C=O) groups excluding carboxylic acids is 1. The van der Waals surface area contributed by atoms with E-state index < -0.39 is 0 Å². The monoisotopic (exact) mass is 328 g/mol. The van der Waals surface area contributed by atoms with Gasteiger partial charge in [0, 0.05) is 6.42 Å². The van der Waals surface area contributed by atoms with E-state index in [4.69, 9.17) is 4.74 Å². The summed E-state index contributed by atoms with van der Waals surface area (Å²) in [6, 6.07) is 20.7. The quantitative estimate of drug-likeness (QED) is 0.768. The summed E-state index contributed by atoms with van der Waals surface area (Å²) >= 11 is 3.28. The van der Waals surface area contributed by atoms with Crippen molar-refractivity contribution < 1.29 is 9.53 Å². The SMILES string of the molecule is COC(=O)C1=CS[C@@](Cc2ccccc2)(c2ccccc2)S1. The molecule has 22 heavy (non-hydrogen) atoms. The fourth-order valence-corrected chi connectivity index (χ4v) is 5.30. The highest BCUT2D eigenvalue weighted by molar-refractivity contribution is 8.23. The van der Waals surface area contributed by atoms with Gasteiger partial charge in [0.05, 0.1) is 11.2 Å². The second-order valence-electron chi connectivity index (χ2n) is 4.97. The molecule has 112 valence electrons. The van der Waals surface area contributed by atoms with E-state index in [9.17, 15) is 4.79 Å². The van der Waals surface area contributed by atoms with Crippen LogP contribution in [0.4, 0.5) is 0 Å². The second-order valence-corrected chi connectivity index (χ2v) is 7.74. The van der Waals surface area contributed by atoms with Crippen LogP contribution in [-0.4, -0.2) is 13.1 Å². The Labute approximate surface area is 139 Å². The number of hydrogen-bond donors (Lipinski definition) is 0. The first-order chi connectivity index (χ1) is 10.7. The van der Waals surface area contributed by atoms with Crippen LogP contribution in [0, 0.1) is 0 Å². The maximum absolute atomic E-state index is 11.9. The van der Waals surface area contributed by atoms with E-state index >= 15 is 0 Å². The first-order valence-corrected chi connectivity index (χ1v) is 8.68. The fraction of sp³-hybridized carbons (Fsp3) is 0.167. The lowest BCUT2D eigenvalue weighted by molar-refractivity contribution is -0.135. The Morgan fingerprint density at radius 2 is 1.68 bits per heavy atom. The fourth-order valence-electron chi connectivity index (χ4n) is 2.43. The van der Waals surface area contributed by atoms with Crippen molar-refractivity contribution in [2.45, 2.75) is 10.5 Å². The predicted molar refractivity (Wildman–Crippen MR) is 93.5 cm³/mol. The Hall–Kier alpha value is -1.65. The summed E-state index contributed by atoms with van der Waals surface area (Å²) in [5, 5.41) is 1.92. The second kappa shape index (κ2) is 6.63. The number of hydrogen-bond acceptors (Lipinski definition) is 4. The molecule has 0 fully saturated rings. The van der Waals surface area contributed by atoms with Crippen LogP contribution in [0.15, 0.2) is 71.0 Å². The molecule has 0 bridgehead atoms. The van der Waals surface area contributed by atoms with E-state index in [1.807, 2.05) is 41.8 Å². The number of benzene rings is 2. The van der Waals surface area contributed by atoms with E-state index in [2.05, 4.69) is 24.3 Å². The maximum Gasteiger partial charge on any atom is 0.344 e. The molecule has 1 aliphatic rings. The molecule has 1 aliphatic heterocycles. The molecule has 0 radical (unpaired) electrons. The molecule has 0 saturated heterocycles. The van der Waals surface area contributed by atoms with Crippen molar-refractivity contribution in [3.63, 3.8) is 0 Å². The van der Waals surface area contributed by atoms with Gasteiger partial charge in [0.15, 0.2) is 0 Å². The average Bonchev–Trinajstić information content (AvgIpc) is 3.01. The van der Waals surface area contributed by atoms with E-state index in [0.717, 1.165) is 6.42 Å². The smallest absolute Gasteiger partial charge is 0.344 e. The van der Waals surface area contributed by atoms with E-state index in [0.29, 0.717) is 4.91 Å². The lowest BCUT2D eigenvalue weighted by atomic mass is 10.0. The van der Waals surface area contributed by atoms with Gasteiger partial charge >= 0.3 is 5.97 Å². The van der Waals surface area contributed by atoms with Gasteiger partial charge in [0.25, 0.3) is 0 Å². The zero-order valence-corrected chi connectivity index (χ0v) is 13.8. The standard InChI is InChI=1S/C18H16O2S2/c1-20-17(19)16-13-21-18(22-16,15-10-6-3-7-11-15)12-14-8-4-2-5-9-14/h2-11,13H,12H2,1H3/t18-/m1/s1. The molecule has 0 N–H and O–H groups in total. The van der Waals surface area contributed by atoms with Crippen molar-refractivity contribution in [2.75, 3.05) is 7.11 Å². The van der Waals surface area contributed by atoms with E-state index in [-0.39, 0.29) is 10.0 Å². The van der Waals surface area contributed by atoms with Crippen LogP contribution in [0.25, 0.3) is 0 Å². The van der Waals surface area contributed by atoms with Crippen molar-refractivity contribution in [1.29, 1.82) is 0 Å². The minimum Gasteiger partial charge on any atom is -0.465 e. The first-order valence-electron chi connectivity index (χ1n) is 6.98. The molecule has 0 amide bonds. The molecule has 2 nitrogen and oxygen atoms in total. The van der Waals surface area contributed by atoms with Gasteiger partial charge in [0.1, 0.15) is 4.91 Å². The zero-order valence-electron chi connectivity index (χ0n) is 12.2. The van der Waals surface area contributed by atoms with Crippen molar-refractivity contribution in [3.05, 3.63) is 82.1 Å². The van der Waals surface area contributed by atoms with Crippen LogP contribution >= 0.6 is 23.5 Å². The third-order valence-corrected chi connectivity index (χ3v) is 6.53. The maximum atomic E-state index is 11.9. The number of thioether (sulfide) groups is 2. The van der Waals surface area contributed by atoms with Crippen molar-refractivity contribution in [3.8, 4) is 0 Å². The molecule has 4 heteroatoms. The number of ether oxygens (including phenoxy) is 1. The highest BCUT2D eigenvalue weighted by Gasteiger charge is 2.40.